The van der Waals surface area contributed by atoms with Crippen molar-refractivity contribution in [2.75, 3.05) is 6.26 Å². The average molecular weight is 210 g/mol. The highest BCUT2D eigenvalue weighted by molar-refractivity contribution is 7.97. The van der Waals surface area contributed by atoms with Gasteiger partial charge in [-0.15, -0.1) is 0 Å². The molecule has 0 aliphatic rings. The van der Waals surface area contributed by atoms with Gasteiger partial charge in [0.2, 0.25) is 0 Å². The zero-order valence-electron chi connectivity index (χ0n) is 9.56. The number of phenols is 1. The summed E-state index contributed by atoms with van der Waals surface area (Å²) in [7, 11) is 0. The first kappa shape index (κ1) is 11.4. The van der Waals surface area contributed by atoms with Crippen molar-refractivity contribution in [2.24, 2.45) is 0 Å². The highest BCUT2D eigenvalue weighted by Crippen LogP contribution is 2.32. The summed E-state index contributed by atoms with van der Waals surface area (Å²) in [6, 6.07) is 0. The Balaban J connectivity index is 3.43. The van der Waals surface area contributed by atoms with Crippen LogP contribution in [-0.4, -0.2) is 11.4 Å². The van der Waals surface area contributed by atoms with Crippen LogP contribution in [0.5, 0.6) is 5.75 Å². The summed E-state index contributed by atoms with van der Waals surface area (Å²) in [5.74, 6) is 1.49. The van der Waals surface area contributed by atoms with Gasteiger partial charge in [0, 0.05) is 5.75 Å². The molecule has 0 saturated carbocycles. The molecule has 0 aliphatic heterocycles. The first-order valence-corrected chi connectivity index (χ1v) is 6.17. The second-order valence-corrected chi connectivity index (χ2v) is 4.63. The van der Waals surface area contributed by atoms with Crippen molar-refractivity contribution >= 4 is 11.8 Å². The molecule has 1 rings (SSSR count). The maximum atomic E-state index is 9.85. The van der Waals surface area contributed by atoms with Gasteiger partial charge in [0.05, 0.1) is 0 Å². The molecule has 0 heterocycles. The van der Waals surface area contributed by atoms with Gasteiger partial charge in [-0.3, -0.25) is 0 Å². The van der Waals surface area contributed by atoms with Crippen LogP contribution >= 0.6 is 11.8 Å². The normalized spacial score (nSPS) is 10.6. The van der Waals surface area contributed by atoms with Gasteiger partial charge >= 0.3 is 0 Å². The lowest BCUT2D eigenvalue weighted by Crippen LogP contribution is -1.98. The van der Waals surface area contributed by atoms with Crippen LogP contribution in [0.2, 0.25) is 0 Å². The van der Waals surface area contributed by atoms with Crippen molar-refractivity contribution in [3.8, 4) is 5.75 Å². The van der Waals surface area contributed by atoms with Crippen LogP contribution in [0.4, 0.5) is 0 Å². The molecule has 78 valence electrons. The first-order chi connectivity index (χ1) is 6.50. The SMILES string of the molecule is CSCc1c(C)c(C)c(O)c(C)c1C. The average Bonchev–Trinajstić information content (AvgIpc) is 2.19. The number of aromatic hydroxyl groups is 1. The topological polar surface area (TPSA) is 20.2 Å². The van der Waals surface area contributed by atoms with Crippen molar-refractivity contribution < 1.29 is 5.11 Å². The molecule has 2 heteroatoms. The number of hydrogen-bond acceptors (Lipinski definition) is 2. The van der Waals surface area contributed by atoms with E-state index in [1.165, 1.54) is 16.7 Å². The quantitative estimate of drug-likeness (QED) is 0.806. The minimum absolute atomic E-state index is 0.463. The molecule has 0 atom stereocenters. The fourth-order valence-electron chi connectivity index (χ4n) is 1.73. The van der Waals surface area contributed by atoms with E-state index in [1.807, 2.05) is 25.6 Å². The highest BCUT2D eigenvalue weighted by Gasteiger charge is 2.12. The third-order valence-corrected chi connectivity index (χ3v) is 3.61. The van der Waals surface area contributed by atoms with Crippen LogP contribution in [-0.2, 0) is 5.75 Å². The van der Waals surface area contributed by atoms with E-state index in [4.69, 9.17) is 0 Å². The number of hydrogen-bond donors (Lipinski definition) is 1. The molecule has 0 spiro atoms. The Morgan fingerprint density at radius 1 is 0.929 bits per heavy atom. The first-order valence-electron chi connectivity index (χ1n) is 4.77. The molecular weight excluding hydrogens is 192 g/mol. The van der Waals surface area contributed by atoms with Crippen molar-refractivity contribution in [3.63, 3.8) is 0 Å². The van der Waals surface area contributed by atoms with E-state index in [0.717, 1.165) is 16.9 Å². The lowest BCUT2D eigenvalue weighted by atomic mass is 9.94. The second-order valence-electron chi connectivity index (χ2n) is 3.76. The zero-order valence-corrected chi connectivity index (χ0v) is 10.4. The molecule has 0 aliphatic carbocycles. The molecule has 0 saturated heterocycles. The van der Waals surface area contributed by atoms with Crippen LogP contribution in [0.3, 0.4) is 0 Å². The maximum Gasteiger partial charge on any atom is 0.121 e. The van der Waals surface area contributed by atoms with E-state index < -0.39 is 0 Å². The number of benzene rings is 1. The van der Waals surface area contributed by atoms with Crippen LogP contribution in [0.1, 0.15) is 27.8 Å². The molecule has 1 N–H and O–H groups in total. The van der Waals surface area contributed by atoms with E-state index >= 15 is 0 Å². The summed E-state index contributed by atoms with van der Waals surface area (Å²) in [5.41, 5.74) is 5.90. The Morgan fingerprint density at radius 2 is 1.36 bits per heavy atom. The summed E-state index contributed by atoms with van der Waals surface area (Å²) < 4.78 is 0. The summed E-state index contributed by atoms with van der Waals surface area (Å²) in [6.45, 7) is 8.15. The Morgan fingerprint density at radius 3 is 1.71 bits per heavy atom. The van der Waals surface area contributed by atoms with Gasteiger partial charge in [0.25, 0.3) is 0 Å². The Bertz CT molecular complexity index is 327. The van der Waals surface area contributed by atoms with E-state index in [1.54, 1.807) is 0 Å². The van der Waals surface area contributed by atoms with Crippen molar-refractivity contribution in [2.45, 2.75) is 33.4 Å². The van der Waals surface area contributed by atoms with Crippen molar-refractivity contribution in [1.82, 2.24) is 0 Å². The predicted octanol–water partition coefficient (Wildman–Crippen LogP) is 3.49. The van der Waals surface area contributed by atoms with E-state index in [9.17, 15) is 5.11 Å². The number of thioether (sulfide) groups is 1. The van der Waals surface area contributed by atoms with E-state index in [0.29, 0.717) is 5.75 Å². The molecule has 1 aromatic carbocycles. The van der Waals surface area contributed by atoms with Crippen LogP contribution < -0.4 is 0 Å². The number of rotatable bonds is 2. The predicted molar refractivity (Wildman–Crippen MR) is 64.3 cm³/mol. The third kappa shape index (κ3) is 1.76. The maximum absolute atomic E-state index is 9.85. The fraction of sp³-hybridized carbons (Fsp3) is 0.500. The van der Waals surface area contributed by atoms with E-state index in [2.05, 4.69) is 20.1 Å². The summed E-state index contributed by atoms with van der Waals surface area (Å²) in [5, 5.41) is 9.85. The lowest BCUT2D eigenvalue weighted by Gasteiger charge is -2.16. The molecule has 0 aromatic heterocycles. The second kappa shape index (κ2) is 4.26. The smallest absolute Gasteiger partial charge is 0.121 e. The summed E-state index contributed by atoms with van der Waals surface area (Å²) in [4.78, 5) is 0. The van der Waals surface area contributed by atoms with Crippen molar-refractivity contribution in [1.29, 1.82) is 0 Å². The molecule has 0 radical (unpaired) electrons. The van der Waals surface area contributed by atoms with Gasteiger partial charge in [-0.05, 0) is 61.8 Å². The molecule has 1 aromatic rings. The van der Waals surface area contributed by atoms with Crippen molar-refractivity contribution in [3.05, 3.63) is 27.8 Å². The fourth-order valence-corrected chi connectivity index (χ4v) is 2.45. The molecule has 0 unspecified atom stereocenters. The van der Waals surface area contributed by atoms with Crippen LogP contribution in [0.15, 0.2) is 0 Å². The summed E-state index contributed by atoms with van der Waals surface area (Å²) >= 11 is 1.82. The largest absolute Gasteiger partial charge is 0.507 e. The minimum atomic E-state index is 0.463. The van der Waals surface area contributed by atoms with Gasteiger partial charge in [0.15, 0.2) is 0 Å². The third-order valence-electron chi connectivity index (χ3n) is 3.03. The minimum Gasteiger partial charge on any atom is -0.507 e. The van der Waals surface area contributed by atoms with E-state index in [-0.39, 0.29) is 0 Å². The summed E-state index contributed by atoms with van der Waals surface area (Å²) in [6.07, 6.45) is 2.11. The Kier molecular flexibility index (Phi) is 3.48. The number of phenolic OH excluding ortho intramolecular Hbond substituents is 1. The van der Waals surface area contributed by atoms with Gasteiger partial charge in [0.1, 0.15) is 5.75 Å². The standard InChI is InChI=1S/C12H18OS/c1-7-9(3)12(13)10(4)8(2)11(7)6-14-5/h13H,6H2,1-5H3. The lowest BCUT2D eigenvalue weighted by molar-refractivity contribution is 0.465. The molecule has 14 heavy (non-hydrogen) atoms. The molecule has 0 amide bonds. The van der Waals surface area contributed by atoms with Crippen LogP contribution in [0.25, 0.3) is 0 Å². The van der Waals surface area contributed by atoms with Gasteiger partial charge in [-0.1, -0.05) is 0 Å². The highest BCUT2D eigenvalue weighted by atomic mass is 32.2. The zero-order chi connectivity index (χ0) is 10.9. The molecule has 0 bridgehead atoms. The monoisotopic (exact) mass is 210 g/mol. The molecule has 1 nitrogen and oxygen atoms in total. The van der Waals surface area contributed by atoms with Gasteiger partial charge in [-0.2, -0.15) is 11.8 Å². The Labute approximate surface area is 90.5 Å². The molecule has 0 fully saturated rings. The van der Waals surface area contributed by atoms with Gasteiger partial charge < -0.3 is 5.11 Å². The van der Waals surface area contributed by atoms with Gasteiger partial charge in [-0.25, -0.2) is 0 Å². The van der Waals surface area contributed by atoms with Crippen LogP contribution in [0, 0.1) is 27.7 Å². The Hall–Kier alpha value is -0.630. The molecular formula is C12H18OS.